The van der Waals surface area contributed by atoms with Crippen molar-refractivity contribution in [3.05, 3.63) is 0 Å². The van der Waals surface area contributed by atoms with Gasteiger partial charge in [0.1, 0.15) is 0 Å². The molecule has 0 aromatic rings. The number of hydrogen-bond acceptors (Lipinski definition) is 2. The second-order valence-corrected chi connectivity index (χ2v) is 4.95. The fourth-order valence-electron chi connectivity index (χ4n) is 2.13. The Balaban J connectivity index is 2.20. The molecule has 0 radical (unpaired) electrons. The molecule has 0 aromatic carbocycles. The number of carbonyl (C=O) groups excluding carboxylic acids is 1. The minimum absolute atomic E-state index is 0.216. The Morgan fingerprint density at radius 1 is 1.53 bits per heavy atom. The monoisotopic (exact) mass is 212 g/mol. The summed E-state index contributed by atoms with van der Waals surface area (Å²) < 4.78 is 0. The van der Waals surface area contributed by atoms with Crippen LogP contribution in [0.5, 0.6) is 0 Å². The zero-order valence-corrected chi connectivity index (χ0v) is 10.3. The smallest absolute Gasteiger partial charge is 0.220 e. The van der Waals surface area contributed by atoms with Gasteiger partial charge in [-0.1, -0.05) is 20.8 Å². The minimum Gasteiger partial charge on any atom is -0.352 e. The summed E-state index contributed by atoms with van der Waals surface area (Å²) in [4.78, 5) is 14.0. The second kappa shape index (κ2) is 6.11. The van der Waals surface area contributed by atoms with E-state index >= 15 is 0 Å². The van der Waals surface area contributed by atoms with Gasteiger partial charge in [-0.25, -0.2) is 0 Å². The van der Waals surface area contributed by atoms with Crippen molar-refractivity contribution in [3.63, 3.8) is 0 Å². The Bertz CT molecular complexity index is 204. The van der Waals surface area contributed by atoms with Gasteiger partial charge < -0.3 is 10.2 Å². The molecule has 0 aromatic heterocycles. The van der Waals surface area contributed by atoms with Crippen molar-refractivity contribution < 1.29 is 4.79 Å². The summed E-state index contributed by atoms with van der Waals surface area (Å²) in [5, 5.41) is 3.12. The predicted molar refractivity (Wildman–Crippen MR) is 62.7 cm³/mol. The molecule has 0 spiro atoms. The van der Waals surface area contributed by atoms with Gasteiger partial charge in [-0.15, -0.1) is 0 Å². The van der Waals surface area contributed by atoms with Crippen LogP contribution in [0.25, 0.3) is 0 Å². The van der Waals surface area contributed by atoms with Crippen LogP contribution >= 0.6 is 0 Å². The van der Waals surface area contributed by atoms with Crippen LogP contribution in [0.3, 0.4) is 0 Å². The first-order chi connectivity index (χ1) is 7.11. The van der Waals surface area contributed by atoms with Crippen LogP contribution in [0, 0.1) is 5.92 Å². The van der Waals surface area contributed by atoms with Gasteiger partial charge in [-0.05, 0) is 25.3 Å². The molecule has 15 heavy (non-hydrogen) atoms. The zero-order chi connectivity index (χ0) is 11.3. The van der Waals surface area contributed by atoms with E-state index in [-0.39, 0.29) is 5.91 Å². The van der Waals surface area contributed by atoms with Gasteiger partial charge in [0, 0.05) is 25.6 Å². The fourth-order valence-corrected chi connectivity index (χ4v) is 2.13. The Kier molecular flexibility index (Phi) is 5.09. The van der Waals surface area contributed by atoms with Crippen LogP contribution in [0.4, 0.5) is 0 Å². The first-order valence-electron chi connectivity index (χ1n) is 6.13. The second-order valence-electron chi connectivity index (χ2n) is 4.95. The number of nitrogens with one attached hydrogen (secondary N) is 1. The van der Waals surface area contributed by atoms with E-state index in [9.17, 15) is 4.79 Å². The van der Waals surface area contributed by atoms with Crippen molar-refractivity contribution in [2.24, 2.45) is 5.92 Å². The molecule has 1 amide bonds. The lowest BCUT2D eigenvalue weighted by Gasteiger charge is -2.16. The van der Waals surface area contributed by atoms with Crippen molar-refractivity contribution in [2.45, 2.75) is 46.1 Å². The number of carbonyl (C=O) groups is 1. The highest BCUT2D eigenvalue weighted by molar-refractivity contribution is 5.76. The Morgan fingerprint density at radius 3 is 2.87 bits per heavy atom. The SMILES string of the molecule is CCCN1CCC(NC(=O)CC(C)C)C1. The first-order valence-corrected chi connectivity index (χ1v) is 6.13. The zero-order valence-electron chi connectivity index (χ0n) is 10.3. The van der Waals surface area contributed by atoms with E-state index in [1.54, 1.807) is 0 Å². The van der Waals surface area contributed by atoms with Crippen molar-refractivity contribution >= 4 is 5.91 Å². The average molecular weight is 212 g/mol. The molecule has 0 saturated carbocycles. The third-order valence-electron chi connectivity index (χ3n) is 2.77. The van der Waals surface area contributed by atoms with E-state index in [4.69, 9.17) is 0 Å². The van der Waals surface area contributed by atoms with Crippen molar-refractivity contribution in [1.29, 1.82) is 0 Å². The molecule has 1 aliphatic rings. The van der Waals surface area contributed by atoms with E-state index in [1.807, 2.05) is 0 Å². The van der Waals surface area contributed by atoms with E-state index in [2.05, 4.69) is 31.0 Å². The molecule has 3 nitrogen and oxygen atoms in total. The van der Waals surface area contributed by atoms with Crippen LogP contribution in [0.15, 0.2) is 0 Å². The maximum Gasteiger partial charge on any atom is 0.220 e. The summed E-state index contributed by atoms with van der Waals surface area (Å²) >= 11 is 0. The van der Waals surface area contributed by atoms with E-state index in [0.717, 1.165) is 26.1 Å². The van der Waals surface area contributed by atoms with Gasteiger partial charge in [-0.2, -0.15) is 0 Å². The molecule has 1 fully saturated rings. The Labute approximate surface area is 93.2 Å². The number of nitrogens with zero attached hydrogens (tertiary/aromatic N) is 1. The number of rotatable bonds is 5. The summed E-state index contributed by atoms with van der Waals surface area (Å²) in [5.41, 5.74) is 0. The summed E-state index contributed by atoms with van der Waals surface area (Å²) in [7, 11) is 0. The summed E-state index contributed by atoms with van der Waals surface area (Å²) in [5.74, 6) is 0.673. The third-order valence-corrected chi connectivity index (χ3v) is 2.77. The molecule has 3 heteroatoms. The lowest BCUT2D eigenvalue weighted by molar-refractivity contribution is -0.122. The quantitative estimate of drug-likeness (QED) is 0.751. The van der Waals surface area contributed by atoms with Gasteiger partial charge in [0.2, 0.25) is 5.91 Å². The lowest BCUT2D eigenvalue weighted by atomic mass is 10.1. The van der Waals surface area contributed by atoms with Crippen LogP contribution in [0.2, 0.25) is 0 Å². The Morgan fingerprint density at radius 2 is 2.27 bits per heavy atom. The molecule has 1 saturated heterocycles. The molecule has 88 valence electrons. The number of likely N-dealkylation sites (tertiary alicyclic amines) is 1. The molecule has 1 heterocycles. The van der Waals surface area contributed by atoms with Crippen LogP contribution < -0.4 is 5.32 Å². The van der Waals surface area contributed by atoms with E-state index in [0.29, 0.717) is 18.4 Å². The van der Waals surface area contributed by atoms with E-state index < -0.39 is 0 Å². The standard InChI is InChI=1S/C12H24N2O/c1-4-6-14-7-5-11(9-14)13-12(15)8-10(2)3/h10-11H,4-9H2,1-3H3,(H,13,15). The summed E-state index contributed by atoms with van der Waals surface area (Å²) in [6.45, 7) is 9.70. The number of amides is 1. The van der Waals surface area contributed by atoms with Gasteiger partial charge in [0.15, 0.2) is 0 Å². The predicted octanol–water partition coefficient (Wildman–Crippen LogP) is 1.63. The molecule has 1 aliphatic heterocycles. The molecule has 0 aliphatic carbocycles. The number of hydrogen-bond donors (Lipinski definition) is 1. The largest absolute Gasteiger partial charge is 0.352 e. The topological polar surface area (TPSA) is 32.3 Å². The lowest BCUT2D eigenvalue weighted by Crippen LogP contribution is -2.37. The van der Waals surface area contributed by atoms with E-state index in [1.165, 1.54) is 6.42 Å². The maximum atomic E-state index is 11.5. The minimum atomic E-state index is 0.216. The highest BCUT2D eigenvalue weighted by Crippen LogP contribution is 2.10. The third kappa shape index (κ3) is 4.65. The molecule has 1 unspecified atom stereocenters. The molecular formula is C12H24N2O. The molecule has 1 N–H and O–H groups in total. The van der Waals surface area contributed by atoms with Crippen LogP contribution in [-0.2, 0) is 4.79 Å². The summed E-state index contributed by atoms with van der Waals surface area (Å²) in [6.07, 6.45) is 2.97. The van der Waals surface area contributed by atoms with Crippen LogP contribution in [-0.4, -0.2) is 36.5 Å². The van der Waals surface area contributed by atoms with Crippen molar-refractivity contribution in [1.82, 2.24) is 10.2 Å². The molecule has 1 rings (SSSR count). The highest BCUT2D eigenvalue weighted by atomic mass is 16.1. The fraction of sp³-hybridized carbons (Fsp3) is 0.917. The van der Waals surface area contributed by atoms with Gasteiger partial charge in [0.25, 0.3) is 0 Å². The van der Waals surface area contributed by atoms with Crippen molar-refractivity contribution in [2.75, 3.05) is 19.6 Å². The highest BCUT2D eigenvalue weighted by Gasteiger charge is 2.22. The van der Waals surface area contributed by atoms with Crippen molar-refractivity contribution in [3.8, 4) is 0 Å². The molecular weight excluding hydrogens is 188 g/mol. The average Bonchev–Trinajstić information content (AvgIpc) is 2.51. The van der Waals surface area contributed by atoms with Crippen LogP contribution in [0.1, 0.15) is 40.0 Å². The maximum absolute atomic E-state index is 11.5. The molecule has 0 bridgehead atoms. The summed E-state index contributed by atoms with van der Waals surface area (Å²) in [6, 6.07) is 0.391. The van der Waals surface area contributed by atoms with Gasteiger partial charge in [-0.3, -0.25) is 4.79 Å². The molecule has 1 atom stereocenters. The Hall–Kier alpha value is -0.570. The normalized spacial score (nSPS) is 22.3. The van der Waals surface area contributed by atoms with Gasteiger partial charge in [0.05, 0.1) is 0 Å². The first kappa shape index (κ1) is 12.5. The van der Waals surface area contributed by atoms with Gasteiger partial charge >= 0.3 is 0 Å².